The molecule has 0 radical (unpaired) electrons. The van der Waals surface area contributed by atoms with Gasteiger partial charge in [-0.15, -0.1) is 11.3 Å². The Labute approximate surface area is 114 Å². The van der Waals surface area contributed by atoms with Crippen LogP contribution < -0.4 is 0 Å². The Kier molecular flexibility index (Phi) is 3.61. The number of thiophene rings is 1. The van der Waals surface area contributed by atoms with Gasteiger partial charge in [0.15, 0.2) is 0 Å². The molecule has 0 atom stereocenters. The molecule has 1 aliphatic heterocycles. The maximum Gasteiger partial charge on any atom is 0.264 e. The minimum absolute atomic E-state index is 0.111. The van der Waals surface area contributed by atoms with E-state index in [4.69, 9.17) is 4.74 Å². The van der Waals surface area contributed by atoms with Crippen LogP contribution in [0.25, 0.3) is 0 Å². The first-order chi connectivity index (χ1) is 7.89. The summed E-state index contributed by atoms with van der Waals surface area (Å²) in [6.07, 6.45) is 0. The van der Waals surface area contributed by atoms with Crippen molar-refractivity contribution in [3.63, 3.8) is 0 Å². The summed E-state index contributed by atoms with van der Waals surface area (Å²) in [5, 5.41) is 0. The molecule has 1 aromatic rings. The minimum Gasteiger partial charge on any atom is -0.372 e. The first-order valence-corrected chi connectivity index (χ1v) is 7.19. The third kappa shape index (κ3) is 2.89. The van der Waals surface area contributed by atoms with E-state index in [1.807, 2.05) is 31.7 Å². The van der Waals surface area contributed by atoms with Crippen LogP contribution >= 0.6 is 27.3 Å². The number of hydrogen-bond acceptors (Lipinski definition) is 3. The molecule has 94 valence electrons. The number of nitrogens with zero attached hydrogens (tertiary/aromatic N) is 1. The second kappa shape index (κ2) is 4.71. The largest absolute Gasteiger partial charge is 0.372 e. The molecular weight excluding hydrogens is 302 g/mol. The summed E-state index contributed by atoms with van der Waals surface area (Å²) in [6, 6.07) is 1.94. The first-order valence-electron chi connectivity index (χ1n) is 5.58. The van der Waals surface area contributed by atoms with E-state index in [1.165, 1.54) is 11.3 Å². The van der Waals surface area contributed by atoms with Gasteiger partial charge in [0.1, 0.15) is 0 Å². The van der Waals surface area contributed by atoms with Crippen molar-refractivity contribution in [2.24, 2.45) is 0 Å². The van der Waals surface area contributed by atoms with Crippen LogP contribution in [0.3, 0.4) is 0 Å². The third-order valence-electron chi connectivity index (χ3n) is 2.78. The molecule has 1 amide bonds. The fourth-order valence-electron chi connectivity index (χ4n) is 1.91. The first kappa shape index (κ1) is 13.1. The van der Waals surface area contributed by atoms with Crippen molar-refractivity contribution < 1.29 is 9.53 Å². The fourth-order valence-corrected chi connectivity index (χ4v) is 3.41. The summed E-state index contributed by atoms with van der Waals surface area (Å²) in [4.78, 5) is 15.0. The van der Waals surface area contributed by atoms with E-state index in [-0.39, 0.29) is 11.5 Å². The normalized spacial score (nSPS) is 19.4. The number of carbonyl (C=O) groups excluding carboxylic acids is 1. The molecule has 2 rings (SSSR count). The Morgan fingerprint density at radius 3 is 2.82 bits per heavy atom. The van der Waals surface area contributed by atoms with Crippen LogP contribution in [0.1, 0.15) is 29.1 Å². The van der Waals surface area contributed by atoms with Gasteiger partial charge in [0, 0.05) is 13.1 Å². The molecule has 17 heavy (non-hydrogen) atoms. The summed E-state index contributed by atoms with van der Waals surface area (Å²) < 4.78 is 6.65. The standard InChI is InChI=1S/C12H16BrNO2S/c1-8-6-9(17-10(8)13)11(15)14-4-5-16-12(2,3)7-14/h6H,4-5,7H2,1-3H3. The van der Waals surface area contributed by atoms with E-state index in [0.29, 0.717) is 19.7 Å². The summed E-state index contributed by atoms with van der Waals surface area (Å²) in [6.45, 7) is 7.98. The number of aryl methyl sites for hydroxylation is 1. The Morgan fingerprint density at radius 2 is 2.29 bits per heavy atom. The van der Waals surface area contributed by atoms with Crippen LogP contribution in [0.15, 0.2) is 9.85 Å². The molecule has 1 saturated heterocycles. The van der Waals surface area contributed by atoms with Crippen molar-refractivity contribution in [1.82, 2.24) is 4.90 Å². The van der Waals surface area contributed by atoms with Gasteiger partial charge in [-0.05, 0) is 48.3 Å². The van der Waals surface area contributed by atoms with E-state index >= 15 is 0 Å². The molecule has 1 fully saturated rings. The van der Waals surface area contributed by atoms with Gasteiger partial charge in [-0.25, -0.2) is 0 Å². The highest BCUT2D eigenvalue weighted by Gasteiger charge is 2.31. The van der Waals surface area contributed by atoms with Gasteiger partial charge in [0.2, 0.25) is 0 Å². The Bertz CT molecular complexity index is 422. The monoisotopic (exact) mass is 317 g/mol. The Morgan fingerprint density at radius 1 is 1.59 bits per heavy atom. The summed E-state index contributed by atoms with van der Waals surface area (Å²) in [5.74, 6) is 0.111. The molecule has 0 unspecified atom stereocenters. The zero-order valence-electron chi connectivity index (χ0n) is 10.2. The van der Waals surface area contributed by atoms with Gasteiger partial charge < -0.3 is 9.64 Å². The maximum atomic E-state index is 12.3. The summed E-state index contributed by atoms with van der Waals surface area (Å²) in [5.41, 5.74) is 0.878. The van der Waals surface area contributed by atoms with Crippen LogP contribution in [0.5, 0.6) is 0 Å². The predicted molar refractivity (Wildman–Crippen MR) is 72.7 cm³/mol. The quantitative estimate of drug-likeness (QED) is 0.796. The van der Waals surface area contributed by atoms with Crippen molar-refractivity contribution in [1.29, 1.82) is 0 Å². The zero-order valence-corrected chi connectivity index (χ0v) is 12.7. The molecule has 0 spiro atoms. The second-order valence-electron chi connectivity index (χ2n) is 4.90. The molecule has 1 aromatic heterocycles. The lowest BCUT2D eigenvalue weighted by molar-refractivity contribution is -0.0763. The molecule has 0 aromatic carbocycles. The third-order valence-corrected chi connectivity index (χ3v) is 4.91. The minimum atomic E-state index is -0.239. The van der Waals surface area contributed by atoms with Crippen molar-refractivity contribution in [3.05, 3.63) is 20.3 Å². The summed E-state index contributed by atoms with van der Waals surface area (Å²) >= 11 is 4.95. The molecular formula is C12H16BrNO2S. The Hall–Kier alpha value is -0.390. The molecule has 3 nitrogen and oxygen atoms in total. The molecule has 1 aliphatic rings. The lowest BCUT2D eigenvalue weighted by Gasteiger charge is -2.37. The predicted octanol–water partition coefficient (Wildman–Crippen LogP) is 3.07. The van der Waals surface area contributed by atoms with E-state index in [1.54, 1.807) is 0 Å². The number of ether oxygens (including phenoxy) is 1. The van der Waals surface area contributed by atoms with E-state index in [9.17, 15) is 4.79 Å². The Balaban J connectivity index is 2.15. The van der Waals surface area contributed by atoms with Gasteiger partial charge in [-0.1, -0.05) is 0 Å². The molecule has 0 saturated carbocycles. The number of hydrogen-bond donors (Lipinski definition) is 0. The van der Waals surface area contributed by atoms with Crippen molar-refractivity contribution in [3.8, 4) is 0 Å². The van der Waals surface area contributed by atoms with Gasteiger partial charge in [0.25, 0.3) is 5.91 Å². The molecule has 5 heteroatoms. The average molecular weight is 318 g/mol. The zero-order chi connectivity index (χ0) is 12.6. The van der Waals surface area contributed by atoms with E-state index in [2.05, 4.69) is 15.9 Å². The van der Waals surface area contributed by atoms with Crippen LogP contribution in [-0.4, -0.2) is 36.1 Å². The van der Waals surface area contributed by atoms with Gasteiger partial charge in [0.05, 0.1) is 20.9 Å². The smallest absolute Gasteiger partial charge is 0.264 e. The molecule has 0 aliphatic carbocycles. The highest BCUT2D eigenvalue weighted by Crippen LogP contribution is 2.29. The van der Waals surface area contributed by atoms with Crippen LogP contribution in [0.2, 0.25) is 0 Å². The van der Waals surface area contributed by atoms with Crippen molar-refractivity contribution in [2.45, 2.75) is 26.4 Å². The average Bonchev–Trinajstić information content (AvgIpc) is 2.57. The van der Waals surface area contributed by atoms with E-state index in [0.717, 1.165) is 14.2 Å². The van der Waals surface area contributed by atoms with E-state index < -0.39 is 0 Å². The molecule has 0 N–H and O–H groups in total. The highest BCUT2D eigenvalue weighted by atomic mass is 79.9. The SMILES string of the molecule is Cc1cc(C(=O)N2CCOC(C)(C)C2)sc1Br. The molecule has 2 heterocycles. The second-order valence-corrected chi connectivity index (χ2v) is 7.27. The fraction of sp³-hybridized carbons (Fsp3) is 0.583. The van der Waals surface area contributed by atoms with Gasteiger partial charge in [-0.2, -0.15) is 0 Å². The topological polar surface area (TPSA) is 29.5 Å². The van der Waals surface area contributed by atoms with Gasteiger partial charge >= 0.3 is 0 Å². The van der Waals surface area contributed by atoms with Crippen LogP contribution in [0, 0.1) is 6.92 Å². The van der Waals surface area contributed by atoms with Crippen LogP contribution in [0.4, 0.5) is 0 Å². The summed E-state index contributed by atoms with van der Waals surface area (Å²) in [7, 11) is 0. The maximum absolute atomic E-state index is 12.3. The van der Waals surface area contributed by atoms with Crippen molar-refractivity contribution in [2.75, 3.05) is 19.7 Å². The highest BCUT2D eigenvalue weighted by molar-refractivity contribution is 9.11. The number of amides is 1. The number of morpholine rings is 1. The number of carbonyl (C=O) groups is 1. The lowest BCUT2D eigenvalue weighted by atomic mass is 10.1. The lowest BCUT2D eigenvalue weighted by Crippen LogP contribution is -2.50. The van der Waals surface area contributed by atoms with Crippen molar-refractivity contribution >= 4 is 33.2 Å². The number of rotatable bonds is 1. The van der Waals surface area contributed by atoms with Gasteiger partial charge in [-0.3, -0.25) is 4.79 Å². The number of halogens is 1. The van der Waals surface area contributed by atoms with Crippen LogP contribution in [-0.2, 0) is 4.74 Å². The molecule has 0 bridgehead atoms.